The number of aromatic nitrogens is 2. The Morgan fingerprint density at radius 3 is 2.20 bits per heavy atom. The zero-order valence-electron chi connectivity index (χ0n) is 26.3. The van der Waals surface area contributed by atoms with E-state index in [0.717, 1.165) is 47.9 Å². The third kappa shape index (κ3) is 9.06. The molecule has 1 aliphatic rings. The molecule has 1 amide bonds. The molecule has 1 fully saturated rings. The standard InChI is InChI=1S/C33H35N5O4S.C2H6/c1-23-4-11-28(12-5-23)43-36(2)22-31(40)38(27-10-13-29(32(41)42)30(39)20-27)21-24-6-8-25(9-7-24)26-14-18-37(19-15-26)33-34-16-3-17-35-33;1-2/h3-13,16-17,20,26,39H,14-15,18-19,21-22H2,1-2H3,(H,41,42);1-2H3. The summed E-state index contributed by atoms with van der Waals surface area (Å²) in [4.78, 5) is 38.7. The van der Waals surface area contributed by atoms with Gasteiger partial charge in [-0.2, -0.15) is 0 Å². The van der Waals surface area contributed by atoms with Crippen molar-refractivity contribution in [3.8, 4) is 5.75 Å². The molecule has 1 aromatic heterocycles. The van der Waals surface area contributed by atoms with E-state index in [2.05, 4.69) is 27.0 Å². The Labute approximate surface area is 269 Å². The average molecular weight is 628 g/mol. The minimum atomic E-state index is -1.23. The van der Waals surface area contributed by atoms with Crippen LogP contribution in [0.5, 0.6) is 5.75 Å². The van der Waals surface area contributed by atoms with E-state index in [1.54, 1.807) is 23.4 Å². The van der Waals surface area contributed by atoms with Gasteiger partial charge in [0.15, 0.2) is 0 Å². The number of carbonyl (C=O) groups is 2. The van der Waals surface area contributed by atoms with E-state index in [4.69, 9.17) is 0 Å². The molecule has 0 spiro atoms. The monoisotopic (exact) mass is 627 g/mol. The molecule has 1 saturated heterocycles. The van der Waals surface area contributed by atoms with Gasteiger partial charge < -0.3 is 20.0 Å². The van der Waals surface area contributed by atoms with Crippen LogP contribution in [0.3, 0.4) is 0 Å². The molecule has 2 N–H and O–H groups in total. The van der Waals surface area contributed by atoms with Gasteiger partial charge in [0.1, 0.15) is 11.3 Å². The fourth-order valence-corrected chi connectivity index (χ4v) is 6.02. The second-order valence-corrected chi connectivity index (χ2v) is 12.0. The zero-order valence-corrected chi connectivity index (χ0v) is 27.1. The summed E-state index contributed by atoms with van der Waals surface area (Å²) in [6.07, 6.45) is 5.54. The Kier molecular flexibility index (Phi) is 11.9. The van der Waals surface area contributed by atoms with Gasteiger partial charge in [0.05, 0.1) is 13.1 Å². The summed E-state index contributed by atoms with van der Waals surface area (Å²) in [5, 5.41) is 19.7. The number of amides is 1. The van der Waals surface area contributed by atoms with Crippen LogP contribution in [0.4, 0.5) is 11.6 Å². The molecule has 0 bridgehead atoms. The lowest BCUT2D eigenvalue weighted by molar-refractivity contribution is -0.118. The third-order valence-corrected chi connectivity index (χ3v) is 8.51. The number of nitrogens with zero attached hydrogens (tertiary/aromatic N) is 5. The number of benzene rings is 3. The third-order valence-electron chi connectivity index (χ3n) is 7.59. The number of carboxylic acids is 1. The first-order valence-corrected chi connectivity index (χ1v) is 16.0. The number of hydrogen-bond donors (Lipinski definition) is 2. The highest BCUT2D eigenvalue weighted by atomic mass is 32.2. The molecular weight excluding hydrogens is 586 g/mol. The van der Waals surface area contributed by atoms with Gasteiger partial charge in [-0.15, -0.1) is 0 Å². The van der Waals surface area contributed by atoms with Gasteiger partial charge in [0.2, 0.25) is 11.9 Å². The van der Waals surface area contributed by atoms with Crippen LogP contribution in [-0.4, -0.2) is 63.0 Å². The number of piperidine rings is 1. The van der Waals surface area contributed by atoms with Crippen LogP contribution < -0.4 is 9.80 Å². The van der Waals surface area contributed by atoms with E-state index in [9.17, 15) is 19.8 Å². The van der Waals surface area contributed by atoms with E-state index in [1.807, 2.05) is 74.6 Å². The molecule has 10 heteroatoms. The van der Waals surface area contributed by atoms with Gasteiger partial charge >= 0.3 is 5.97 Å². The predicted molar refractivity (Wildman–Crippen MR) is 180 cm³/mol. The normalized spacial score (nSPS) is 13.2. The molecule has 0 unspecified atom stereocenters. The highest BCUT2D eigenvalue weighted by Gasteiger charge is 2.24. The van der Waals surface area contributed by atoms with Crippen LogP contribution in [-0.2, 0) is 11.3 Å². The Balaban J connectivity index is 0.00000226. The maximum absolute atomic E-state index is 13.7. The second-order valence-electron chi connectivity index (χ2n) is 10.7. The number of phenols is 1. The predicted octanol–water partition coefficient (Wildman–Crippen LogP) is 6.77. The van der Waals surface area contributed by atoms with Crippen LogP contribution in [0.1, 0.15) is 59.7 Å². The molecule has 4 aromatic rings. The Morgan fingerprint density at radius 1 is 0.956 bits per heavy atom. The average Bonchev–Trinajstić information content (AvgIpc) is 3.06. The van der Waals surface area contributed by atoms with Gasteiger partial charge in [-0.25, -0.2) is 19.1 Å². The quantitative estimate of drug-likeness (QED) is 0.184. The number of aryl methyl sites for hydroxylation is 1. The number of carbonyl (C=O) groups excluding carboxylic acids is 1. The lowest BCUT2D eigenvalue weighted by atomic mass is 9.89. The molecule has 0 aliphatic carbocycles. The first-order valence-electron chi connectivity index (χ1n) is 15.2. The van der Waals surface area contributed by atoms with Gasteiger partial charge in [-0.1, -0.05) is 55.8 Å². The minimum Gasteiger partial charge on any atom is -0.507 e. The number of carboxylic acid groups (broad SMARTS) is 1. The molecule has 5 rings (SSSR count). The van der Waals surface area contributed by atoms with Crippen molar-refractivity contribution in [3.05, 3.63) is 107 Å². The van der Waals surface area contributed by atoms with Crippen LogP contribution in [0.25, 0.3) is 0 Å². The summed E-state index contributed by atoms with van der Waals surface area (Å²) in [5.41, 5.74) is 3.58. The van der Waals surface area contributed by atoms with Gasteiger partial charge in [-0.3, -0.25) is 4.79 Å². The zero-order chi connectivity index (χ0) is 32.3. The number of anilines is 2. The second kappa shape index (κ2) is 16.1. The van der Waals surface area contributed by atoms with E-state index in [1.165, 1.54) is 29.6 Å². The number of hydrogen-bond acceptors (Lipinski definition) is 8. The topological polar surface area (TPSA) is 110 Å². The molecule has 45 heavy (non-hydrogen) atoms. The summed E-state index contributed by atoms with van der Waals surface area (Å²) in [5.74, 6) is -0.586. The summed E-state index contributed by atoms with van der Waals surface area (Å²) >= 11 is 1.47. The van der Waals surface area contributed by atoms with Crippen LogP contribution in [0, 0.1) is 6.92 Å². The van der Waals surface area contributed by atoms with Crippen molar-refractivity contribution < 1.29 is 19.8 Å². The molecule has 236 valence electrons. The molecule has 1 aliphatic heterocycles. The Morgan fingerprint density at radius 2 is 1.60 bits per heavy atom. The summed E-state index contributed by atoms with van der Waals surface area (Å²) < 4.78 is 1.86. The maximum Gasteiger partial charge on any atom is 0.339 e. The largest absolute Gasteiger partial charge is 0.507 e. The van der Waals surface area contributed by atoms with E-state index in [0.29, 0.717) is 11.6 Å². The minimum absolute atomic E-state index is 0.113. The number of rotatable bonds is 10. The van der Waals surface area contributed by atoms with Crippen LogP contribution in [0.15, 0.2) is 90.1 Å². The van der Waals surface area contributed by atoms with Crippen molar-refractivity contribution in [2.75, 3.05) is 36.5 Å². The molecule has 9 nitrogen and oxygen atoms in total. The highest BCUT2D eigenvalue weighted by molar-refractivity contribution is 7.97. The van der Waals surface area contributed by atoms with Crippen molar-refractivity contribution in [3.63, 3.8) is 0 Å². The highest BCUT2D eigenvalue weighted by Crippen LogP contribution is 2.31. The number of aromatic hydroxyl groups is 1. The first-order chi connectivity index (χ1) is 21.8. The fourth-order valence-electron chi connectivity index (χ4n) is 5.22. The van der Waals surface area contributed by atoms with Crippen LogP contribution >= 0.6 is 11.9 Å². The van der Waals surface area contributed by atoms with E-state index in [-0.39, 0.29) is 30.3 Å². The van der Waals surface area contributed by atoms with Crippen LogP contribution in [0.2, 0.25) is 0 Å². The molecular formula is C35H41N5O4S. The number of likely N-dealkylation sites (N-methyl/N-ethyl adjacent to an activating group) is 1. The van der Waals surface area contributed by atoms with Crippen molar-refractivity contribution in [1.29, 1.82) is 0 Å². The molecule has 2 heterocycles. The Hall–Kier alpha value is -4.41. The van der Waals surface area contributed by atoms with E-state index >= 15 is 0 Å². The molecule has 0 atom stereocenters. The summed E-state index contributed by atoms with van der Waals surface area (Å²) in [7, 11) is 1.86. The number of aromatic carboxylic acids is 1. The molecule has 0 saturated carbocycles. The molecule has 3 aromatic carbocycles. The van der Waals surface area contributed by atoms with Gasteiger partial charge in [0, 0.05) is 42.1 Å². The van der Waals surface area contributed by atoms with Crippen molar-refractivity contribution in [2.24, 2.45) is 0 Å². The Bertz CT molecular complexity index is 1540. The smallest absolute Gasteiger partial charge is 0.339 e. The summed E-state index contributed by atoms with van der Waals surface area (Å²) in [6, 6.07) is 22.5. The molecule has 0 radical (unpaired) electrons. The van der Waals surface area contributed by atoms with Crippen molar-refractivity contribution in [2.45, 2.75) is 51.0 Å². The fraction of sp³-hybridized carbons (Fsp3) is 0.314. The van der Waals surface area contributed by atoms with Crippen molar-refractivity contribution >= 4 is 35.5 Å². The lowest BCUT2D eigenvalue weighted by Crippen LogP contribution is -2.37. The van der Waals surface area contributed by atoms with Gasteiger partial charge in [-0.05, 0) is 86.1 Å². The van der Waals surface area contributed by atoms with E-state index < -0.39 is 5.97 Å². The SMILES string of the molecule is CC.Cc1ccc(SN(C)CC(=O)N(Cc2ccc(C3CCN(c4ncccn4)CC3)cc2)c2ccc(C(=O)O)c(O)c2)cc1. The van der Waals surface area contributed by atoms with Crippen molar-refractivity contribution in [1.82, 2.24) is 14.3 Å². The summed E-state index contributed by atoms with van der Waals surface area (Å²) in [6.45, 7) is 8.20. The lowest BCUT2D eigenvalue weighted by Gasteiger charge is -2.32. The first kappa shape index (κ1) is 33.5. The van der Waals surface area contributed by atoms with Gasteiger partial charge in [0.25, 0.3) is 0 Å². The maximum atomic E-state index is 13.7.